The number of nitrogens with zero attached hydrogens (tertiary/aromatic N) is 1. The fourth-order valence-electron chi connectivity index (χ4n) is 2.29. The minimum Gasteiger partial charge on any atom is -0.339 e. The fourth-order valence-corrected chi connectivity index (χ4v) is 2.29. The van der Waals surface area contributed by atoms with Gasteiger partial charge in [-0.15, -0.1) is 0 Å². The van der Waals surface area contributed by atoms with Crippen molar-refractivity contribution in [2.24, 2.45) is 11.8 Å². The summed E-state index contributed by atoms with van der Waals surface area (Å²) in [7, 11) is 1.60. The Labute approximate surface area is 121 Å². The summed E-state index contributed by atoms with van der Waals surface area (Å²) in [6, 6.07) is 2.91. The van der Waals surface area contributed by atoms with E-state index in [-0.39, 0.29) is 17.3 Å². The summed E-state index contributed by atoms with van der Waals surface area (Å²) in [5, 5.41) is 0. The molecule has 0 aromatic heterocycles. The molecule has 2 rings (SSSR count). The summed E-state index contributed by atoms with van der Waals surface area (Å²) in [6.07, 6.45) is -2.41. The normalized spacial score (nSPS) is 16.5. The van der Waals surface area contributed by atoms with E-state index >= 15 is 0 Å². The first-order valence-corrected chi connectivity index (χ1v) is 6.70. The Morgan fingerprint density at radius 1 is 1.43 bits per heavy atom. The van der Waals surface area contributed by atoms with Gasteiger partial charge in [-0.1, -0.05) is 0 Å². The van der Waals surface area contributed by atoms with E-state index in [0.29, 0.717) is 5.92 Å². The molecule has 4 nitrogen and oxygen atoms in total. The van der Waals surface area contributed by atoms with Crippen LogP contribution < -0.4 is 11.3 Å². The zero-order valence-corrected chi connectivity index (χ0v) is 11.9. The Hall–Kier alpha value is -1.76. The highest BCUT2D eigenvalue weighted by atomic mass is 19.4. The van der Waals surface area contributed by atoms with E-state index in [2.05, 4.69) is 5.43 Å². The quantitative estimate of drug-likeness (QED) is 0.664. The summed E-state index contributed by atoms with van der Waals surface area (Å²) in [5.74, 6) is 5.26. The molecule has 1 atom stereocenters. The number of nitrogens with one attached hydrogen (secondary N) is 1. The number of alkyl halides is 3. The maximum absolute atomic E-state index is 12.8. The summed E-state index contributed by atoms with van der Waals surface area (Å²) < 4.78 is 38.4. The number of nitrogens with two attached hydrogens (primary N) is 1. The van der Waals surface area contributed by atoms with Gasteiger partial charge in [0.2, 0.25) is 0 Å². The van der Waals surface area contributed by atoms with Crippen LogP contribution in [-0.2, 0) is 6.18 Å². The van der Waals surface area contributed by atoms with Crippen LogP contribution >= 0.6 is 0 Å². The van der Waals surface area contributed by atoms with E-state index in [1.165, 1.54) is 11.0 Å². The first-order chi connectivity index (χ1) is 9.75. The lowest BCUT2D eigenvalue weighted by atomic mass is 10.1. The third-order valence-electron chi connectivity index (χ3n) is 3.97. The third-order valence-corrected chi connectivity index (χ3v) is 3.97. The molecule has 7 heteroatoms. The number of carbonyl (C=O) groups excluding carboxylic acids is 1. The second-order valence-electron chi connectivity index (χ2n) is 5.40. The van der Waals surface area contributed by atoms with Gasteiger partial charge >= 0.3 is 6.18 Å². The summed E-state index contributed by atoms with van der Waals surface area (Å²) >= 11 is 0. The molecule has 1 aromatic carbocycles. The average molecular weight is 301 g/mol. The number of anilines is 1. The van der Waals surface area contributed by atoms with Crippen LogP contribution in [-0.4, -0.2) is 23.9 Å². The van der Waals surface area contributed by atoms with Crippen molar-refractivity contribution in [3.05, 3.63) is 29.3 Å². The van der Waals surface area contributed by atoms with Gasteiger partial charge in [-0.3, -0.25) is 10.6 Å². The topological polar surface area (TPSA) is 58.4 Å². The van der Waals surface area contributed by atoms with E-state index in [9.17, 15) is 18.0 Å². The van der Waals surface area contributed by atoms with Gasteiger partial charge < -0.3 is 10.3 Å². The summed E-state index contributed by atoms with van der Waals surface area (Å²) in [5.41, 5.74) is 1.53. The van der Waals surface area contributed by atoms with Crippen molar-refractivity contribution >= 4 is 11.6 Å². The van der Waals surface area contributed by atoms with E-state index in [0.717, 1.165) is 25.0 Å². The van der Waals surface area contributed by atoms with E-state index in [4.69, 9.17) is 5.84 Å². The molecule has 0 saturated heterocycles. The SMILES string of the molecule is CC(C1CC1)N(C)C(=O)c1cc(C(F)(F)F)ccc1NN. The first kappa shape index (κ1) is 15.6. The highest BCUT2D eigenvalue weighted by molar-refractivity contribution is 5.99. The van der Waals surface area contributed by atoms with Gasteiger partial charge in [0.1, 0.15) is 0 Å². The number of hydrogen-bond acceptors (Lipinski definition) is 3. The molecule has 1 unspecified atom stereocenters. The summed E-state index contributed by atoms with van der Waals surface area (Å²) in [6.45, 7) is 1.90. The van der Waals surface area contributed by atoms with Crippen molar-refractivity contribution in [2.45, 2.75) is 32.0 Å². The molecule has 0 spiro atoms. The van der Waals surface area contributed by atoms with Crippen LogP contribution in [0, 0.1) is 5.92 Å². The molecule has 1 saturated carbocycles. The molecule has 0 heterocycles. The Morgan fingerprint density at radius 2 is 2.05 bits per heavy atom. The maximum atomic E-state index is 12.8. The van der Waals surface area contributed by atoms with Gasteiger partial charge in [-0.25, -0.2) is 0 Å². The second kappa shape index (κ2) is 5.55. The smallest absolute Gasteiger partial charge is 0.339 e. The van der Waals surface area contributed by atoms with Crippen LogP contribution in [0.4, 0.5) is 18.9 Å². The minimum atomic E-state index is -4.50. The Balaban J connectivity index is 2.33. The van der Waals surface area contributed by atoms with Gasteiger partial charge in [-0.05, 0) is 43.9 Å². The van der Waals surface area contributed by atoms with Crippen molar-refractivity contribution in [3.8, 4) is 0 Å². The van der Waals surface area contributed by atoms with E-state index < -0.39 is 17.6 Å². The Bertz CT molecular complexity index is 541. The average Bonchev–Trinajstić information content (AvgIpc) is 3.27. The lowest BCUT2D eigenvalue weighted by Gasteiger charge is -2.26. The molecule has 0 radical (unpaired) electrons. The van der Waals surface area contributed by atoms with E-state index in [1.807, 2.05) is 6.92 Å². The molecule has 0 aliphatic heterocycles. The lowest BCUT2D eigenvalue weighted by Crippen LogP contribution is -2.37. The number of carbonyl (C=O) groups is 1. The molecular formula is C14H18F3N3O. The van der Waals surface area contributed by atoms with Crippen molar-refractivity contribution in [1.29, 1.82) is 0 Å². The molecule has 1 aliphatic rings. The van der Waals surface area contributed by atoms with Crippen molar-refractivity contribution in [3.63, 3.8) is 0 Å². The fraction of sp³-hybridized carbons (Fsp3) is 0.500. The van der Waals surface area contributed by atoms with Gasteiger partial charge in [0, 0.05) is 13.1 Å². The monoisotopic (exact) mass is 301 g/mol. The van der Waals surface area contributed by atoms with Crippen LogP contribution in [0.25, 0.3) is 0 Å². The van der Waals surface area contributed by atoms with Crippen LogP contribution in [0.2, 0.25) is 0 Å². The predicted octanol–water partition coefficient (Wildman–Crippen LogP) is 2.86. The Kier molecular flexibility index (Phi) is 4.13. The molecule has 3 N–H and O–H groups in total. The second-order valence-corrected chi connectivity index (χ2v) is 5.40. The molecule has 21 heavy (non-hydrogen) atoms. The zero-order chi connectivity index (χ0) is 15.8. The highest BCUT2D eigenvalue weighted by Crippen LogP contribution is 2.36. The maximum Gasteiger partial charge on any atom is 0.416 e. The largest absolute Gasteiger partial charge is 0.416 e. The van der Waals surface area contributed by atoms with Crippen LogP contribution in [0.15, 0.2) is 18.2 Å². The molecule has 1 aromatic rings. The lowest BCUT2D eigenvalue weighted by molar-refractivity contribution is -0.137. The molecule has 116 valence electrons. The number of benzene rings is 1. The van der Waals surface area contributed by atoms with Crippen molar-refractivity contribution < 1.29 is 18.0 Å². The van der Waals surface area contributed by atoms with Crippen LogP contribution in [0.3, 0.4) is 0 Å². The minimum absolute atomic E-state index is 0.00216. The molecular weight excluding hydrogens is 283 g/mol. The van der Waals surface area contributed by atoms with E-state index in [1.54, 1.807) is 7.05 Å². The molecule has 1 fully saturated rings. The number of rotatable bonds is 4. The van der Waals surface area contributed by atoms with Crippen molar-refractivity contribution in [2.75, 3.05) is 12.5 Å². The number of hydrogen-bond donors (Lipinski definition) is 2. The zero-order valence-electron chi connectivity index (χ0n) is 11.9. The van der Waals surface area contributed by atoms with Gasteiger partial charge in [0.05, 0.1) is 16.8 Å². The first-order valence-electron chi connectivity index (χ1n) is 6.70. The molecule has 0 bridgehead atoms. The van der Waals surface area contributed by atoms with Gasteiger partial charge in [0.25, 0.3) is 5.91 Å². The Morgan fingerprint density at radius 3 is 2.52 bits per heavy atom. The standard InChI is InChI=1S/C14H18F3N3O/c1-8(9-3-4-9)20(2)13(21)11-7-10(14(15,16)17)5-6-12(11)19-18/h5-9,19H,3-4,18H2,1-2H3. The number of nitrogen functional groups attached to an aromatic ring is 1. The van der Waals surface area contributed by atoms with Crippen LogP contribution in [0.5, 0.6) is 0 Å². The van der Waals surface area contributed by atoms with Gasteiger partial charge in [0.15, 0.2) is 0 Å². The summed E-state index contributed by atoms with van der Waals surface area (Å²) in [4.78, 5) is 13.9. The number of halogens is 3. The number of amides is 1. The molecule has 1 aliphatic carbocycles. The van der Waals surface area contributed by atoms with Crippen molar-refractivity contribution in [1.82, 2.24) is 4.90 Å². The van der Waals surface area contributed by atoms with Crippen LogP contribution in [0.1, 0.15) is 35.7 Å². The number of hydrazine groups is 1. The molecule has 1 amide bonds. The highest BCUT2D eigenvalue weighted by Gasteiger charge is 2.35. The predicted molar refractivity (Wildman–Crippen MR) is 73.5 cm³/mol. The third kappa shape index (κ3) is 3.29. The van der Waals surface area contributed by atoms with Gasteiger partial charge in [-0.2, -0.15) is 13.2 Å².